The Morgan fingerprint density at radius 1 is 1.41 bits per heavy atom. The van der Waals surface area contributed by atoms with Crippen molar-refractivity contribution in [1.29, 1.82) is 0 Å². The number of amides is 1. The normalized spacial score (nSPS) is 12.1. The molecule has 1 amide bonds. The zero-order chi connectivity index (χ0) is 12.1. The van der Waals surface area contributed by atoms with Crippen LogP contribution in [-0.2, 0) is 9.53 Å². The third kappa shape index (κ3) is 2.86. The van der Waals surface area contributed by atoms with E-state index in [9.17, 15) is 4.79 Å². The molecule has 0 radical (unpaired) electrons. The Labute approximate surface area is 103 Å². The summed E-state index contributed by atoms with van der Waals surface area (Å²) >= 11 is 1.04. The van der Waals surface area contributed by atoms with E-state index < -0.39 is 6.10 Å². The standard InChI is InChI=1S/C11H11N3O2S/c1-16-10(8-5-3-2-4-6-8)11(15)13-9-7-12-17-14-9/h2-7,10H,1H3,(H,13,14,15). The lowest BCUT2D eigenvalue weighted by atomic mass is 10.1. The van der Waals surface area contributed by atoms with E-state index in [4.69, 9.17) is 4.74 Å². The number of carbonyl (C=O) groups is 1. The lowest BCUT2D eigenvalue weighted by Crippen LogP contribution is -2.22. The molecule has 1 aromatic heterocycles. The first-order valence-corrected chi connectivity index (χ1v) is 5.70. The van der Waals surface area contributed by atoms with E-state index in [2.05, 4.69) is 14.1 Å². The highest BCUT2D eigenvalue weighted by atomic mass is 32.1. The van der Waals surface area contributed by atoms with Gasteiger partial charge in [0.1, 0.15) is 0 Å². The van der Waals surface area contributed by atoms with Gasteiger partial charge >= 0.3 is 0 Å². The topological polar surface area (TPSA) is 64.1 Å². The molecule has 0 saturated carbocycles. The lowest BCUT2D eigenvalue weighted by molar-refractivity contribution is -0.126. The molecule has 6 heteroatoms. The first-order chi connectivity index (χ1) is 8.31. The van der Waals surface area contributed by atoms with Gasteiger partial charge in [-0.1, -0.05) is 30.3 Å². The summed E-state index contributed by atoms with van der Waals surface area (Å²) < 4.78 is 12.9. The molecule has 0 spiro atoms. The van der Waals surface area contributed by atoms with Crippen LogP contribution in [0.15, 0.2) is 36.5 Å². The Morgan fingerprint density at radius 2 is 2.18 bits per heavy atom. The predicted molar refractivity (Wildman–Crippen MR) is 64.7 cm³/mol. The molecule has 1 N–H and O–H groups in total. The molecule has 1 unspecified atom stereocenters. The van der Waals surface area contributed by atoms with Gasteiger partial charge in [0.2, 0.25) is 0 Å². The van der Waals surface area contributed by atoms with Crippen molar-refractivity contribution in [3.05, 3.63) is 42.1 Å². The number of benzene rings is 1. The SMILES string of the molecule is COC(C(=O)Nc1cnsn1)c1ccccc1. The molecule has 88 valence electrons. The molecular weight excluding hydrogens is 238 g/mol. The quantitative estimate of drug-likeness (QED) is 0.898. The van der Waals surface area contributed by atoms with Gasteiger partial charge in [0.15, 0.2) is 11.9 Å². The highest BCUT2D eigenvalue weighted by Gasteiger charge is 2.20. The van der Waals surface area contributed by atoms with Crippen molar-refractivity contribution in [2.75, 3.05) is 12.4 Å². The number of methoxy groups -OCH3 is 1. The van der Waals surface area contributed by atoms with E-state index in [-0.39, 0.29) is 5.91 Å². The smallest absolute Gasteiger partial charge is 0.259 e. The second kappa shape index (κ2) is 5.51. The first-order valence-electron chi connectivity index (χ1n) is 4.97. The summed E-state index contributed by atoms with van der Waals surface area (Å²) in [5.41, 5.74) is 0.802. The number of hydrogen-bond acceptors (Lipinski definition) is 5. The summed E-state index contributed by atoms with van der Waals surface area (Å²) in [4.78, 5) is 11.9. The molecule has 2 rings (SSSR count). The van der Waals surface area contributed by atoms with E-state index in [1.807, 2.05) is 30.3 Å². The van der Waals surface area contributed by atoms with E-state index >= 15 is 0 Å². The molecular formula is C11H11N3O2S. The molecule has 0 bridgehead atoms. The molecule has 0 aliphatic heterocycles. The summed E-state index contributed by atoms with van der Waals surface area (Å²) in [7, 11) is 1.50. The second-order valence-electron chi connectivity index (χ2n) is 3.31. The zero-order valence-electron chi connectivity index (χ0n) is 9.16. The van der Waals surface area contributed by atoms with Crippen LogP contribution in [-0.4, -0.2) is 21.8 Å². The molecule has 2 aromatic rings. The minimum Gasteiger partial charge on any atom is -0.367 e. The average molecular weight is 249 g/mol. The molecule has 1 heterocycles. The number of nitrogens with one attached hydrogen (secondary N) is 1. The van der Waals surface area contributed by atoms with Crippen LogP contribution in [0.25, 0.3) is 0 Å². The van der Waals surface area contributed by atoms with E-state index in [1.54, 1.807) is 0 Å². The summed E-state index contributed by atoms with van der Waals surface area (Å²) in [5.74, 6) is 0.185. The van der Waals surface area contributed by atoms with Crippen molar-refractivity contribution in [1.82, 2.24) is 8.75 Å². The van der Waals surface area contributed by atoms with Gasteiger partial charge in [0.25, 0.3) is 5.91 Å². The molecule has 5 nitrogen and oxygen atoms in total. The van der Waals surface area contributed by atoms with Gasteiger partial charge in [-0.2, -0.15) is 8.75 Å². The Morgan fingerprint density at radius 3 is 2.76 bits per heavy atom. The number of hydrogen-bond donors (Lipinski definition) is 1. The van der Waals surface area contributed by atoms with Crippen LogP contribution in [0.4, 0.5) is 5.82 Å². The zero-order valence-corrected chi connectivity index (χ0v) is 9.98. The first kappa shape index (κ1) is 11.7. The monoisotopic (exact) mass is 249 g/mol. The third-order valence-electron chi connectivity index (χ3n) is 2.19. The maximum atomic E-state index is 11.9. The predicted octanol–water partition coefficient (Wildman–Crippen LogP) is 1.86. The molecule has 0 fully saturated rings. The Kier molecular flexibility index (Phi) is 3.79. The van der Waals surface area contributed by atoms with Crippen molar-refractivity contribution < 1.29 is 9.53 Å². The third-order valence-corrected chi connectivity index (χ3v) is 2.67. The molecule has 17 heavy (non-hydrogen) atoms. The van der Waals surface area contributed by atoms with Crippen LogP contribution >= 0.6 is 11.7 Å². The van der Waals surface area contributed by atoms with Crippen LogP contribution in [0.5, 0.6) is 0 Å². The summed E-state index contributed by atoms with van der Waals surface area (Å²) in [6, 6.07) is 9.29. The fraction of sp³-hybridized carbons (Fsp3) is 0.182. The van der Waals surface area contributed by atoms with E-state index in [1.165, 1.54) is 13.3 Å². The number of carbonyl (C=O) groups excluding carboxylic acids is 1. The second-order valence-corrected chi connectivity index (χ2v) is 3.87. The van der Waals surface area contributed by atoms with Crippen LogP contribution in [0.1, 0.15) is 11.7 Å². The Bertz CT molecular complexity index is 473. The van der Waals surface area contributed by atoms with Gasteiger partial charge in [-0.25, -0.2) is 0 Å². The number of ether oxygens (including phenoxy) is 1. The van der Waals surface area contributed by atoms with Crippen molar-refractivity contribution in [2.45, 2.75) is 6.10 Å². The lowest BCUT2D eigenvalue weighted by Gasteiger charge is -2.14. The number of nitrogens with zero attached hydrogens (tertiary/aromatic N) is 2. The molecule has 0 aliphatic carbocycles. The van der Waals surface area contributed by atoms with Crippen LogP contribution in [0.2, 0.25) is 0 Å². The maximum Gasteiger partial charge on any atom is 0.259 e. The van der Waals surface area contributed by atoms with Gasteiger partial charge in [-0.05, 0) is 5.56 Å². The number of anilines is 1. The van der Waals surface area contributed by atoms with Crippen molar-refractivity contribution in [3.8, 4) is 0 Å². The highest BCUT2D eigenvalue weighted by molar-refractivity contribution is 6.99. The number of aromatic nitrogens is 2. The summed E-state index contributed by atoms with van der Waals surface area (Å²) in [5, 5.41) is 2.64. The van der Waals surface area contributed by atoms with Crippen LogP contribution in [0, 0.1) is 0 Å². The van der Waals surface area contributed by atoms with Crippen molar-refractivity contribution in [2.24, 2.45) is 0 Å². The van der Waals surface area contributed by atoms with Gasteiger partial charge < -0.3 is 10.1 Å². The molecule has 1 atom stereocenters. The van der Waals surface area contributed by atoms with Crippen LogP contribution in [0.3, 0.4) is 0 Å². The fourth-order valence-corrected chi connectivity index (χ4v) is 1.81. The maximum absolute atomic E-state index is 11.9. The molecule has 1 aromatic carbocycles. The Hall–Kier alpha value is -1.79. The largest absolute Gasteiger partial charge is 0.367 e. The number of rotatable bonds is 4. The average Bonchev–Trinajstić information content (AvgIpc) is 2.84. The minimum atomic E-state index is -0.641. The highest BCUT2D eigenvalue weighted by Crippen LogP contribution is 2.18. The van der Waals surface area contributed by atoms with E-state index in [0.717, 1.165) is 17.3 Å². The van der Waals surface area contributed by atoms with Gasteiger partial charge in [-0.3, -0.25) is 4.79 Å². The summed E-state index contributed by atoms with van der Waals surface area (Å²) in [6.07, 6.45) is 0.859. The van der Waals surface area contributed by atoms with Crippen molar-refractivity contribution in [3.63, 3.8) is 0 Å². The fourth-order valence-electron chi connectivity index (χ4n) is 1.43. The van der Waals surface area contributed by atoms with E-state index in [0.29, 0.717) is 5.82 Å². The molecule has 0 aliphatic rings. The van der Waals surface area contributed by atoms with Crippen molar-refractivity contribution >= 4 is 23.5 Å². The van der Waals surface area contributed by atoms with Crippen LogP contribution < -0.4 is 5.32 Å². The van der Waals surface area contributed by atoms with Gasteiger partial charge in [-0.15, -0.1) is 0 Å². The van der Waals surface area contributed by atoms with Gasteiger partial charge in [0, 0.05) is 7.11 Å². The molecule has 0 saturated heterocycles. The summed E-state index contributed by atoms with van der Waals surface area (Å²) in [6.45, 7) is 0. The minimum absolute atomic E-state index is 0.258. The van der Waals surface area contributed by atoms with Gasteiger partial charge in [0.05, 0.1) is 17.9 Å². The Balaban J connectivity index is 2.11.